The molecule has 0 aromatic heterocycles. The molecular weight excluding hydrogens is 268 g/mol. The van der Waals surface area contributed by atoms with Gasteiger partial charge in [0, 0.05) is 25.0 Å². The zero-order chi connectivity index (χ0) is 16.2. The van der Waals surface area contributed by atoms with E-state index in [1.54, 1.807) is 0 Å². The van der Waals surface area contributed by atoms with E-state index in [-0.39, 0.29) is 0 Å². The Morgan fingerprint density at radius 3 is 1.82 bits per heavy atom. The molecule has 0 aliphatic carbocycles. The van der Waals surface area contributed by atoms with Crippen LogP contribution in [0.1, 0.15) is 98.3 Å². The van der Waals surface area contributed by atoms with E-state index in [1.807, 2.05) is 0 Å². The molecule has 1 unspecified atom stereocenters. The molecule has 0 bridgehead atoms. The molecule has 0 saturated carbocycles. The fraction of sp³-hybridized carbons (Fsp3) is 0.900. The van der Waals surface area contributed by atoms with E-state index < -0.39 is 0 Å². The summed E-state index contributed by atoms with van der Waals surface area (Å²) in [6.45, 7) is 10.4. The average molecular weight is 309 g/mol. The van der Waals surface area contributed by atoms with Crippen LogP contribution in [0.3, 0.4) is 0 Å². The van der Waals surface area contributed by atoms with Gasteiger partial charge >= 0.3 is 0 Å². The Morgan fingerprint density at radius 2 is 1.32 bits per heavy atom. The van der Waals surface area contributed by atoms with Crippen molar-refractivity contribution in [3.05, 3.63) is 12.4 Å². The molecule has 1 aliphatic rings. The van der Waals surface area contributed by atoms with E-state index in [0.29, 0.717) is 12.2 Å². The van der Waals surface area contributed by atoms with Crippen molar-refractivity contribution in [3.63, 3.8) is 0 Å². The van der Waals surface area contributed by atoms with Gasteiger partial charge in [-0.25, -0.2) is 0 Å². The summed E-state index contributed by atoms with van der Waals surface area (Å²) >= 11 is 0. The van der Waals surface area contributed by atoms with Gasteiger partial charge in [-0.05, 0) is 26.7 Å². The summed E-state index contributed by atoms with van der Waals surface area (Å²) in [4.78, 5) is 5.04. The lowest BCUT2D eigenvalue weighted by Crippen LogP contribution is -2.41. The third-order valence-electron chi connectivity index (χ3n) is 4.89. The van der Waals surface area contributed by atoms with Crippen LogP contribution in [0.15, 0.2) is 12.4 Å². The third-order valence-corrected chi connectivity index (χ3v) is 4.89. The quantitative estimate of drug-likeness (QED) is 0.377. The summed E-state index contributed by atoms with van der Waals surface area (Å²) in [5, 5.41) is 0. The molecule has 0 N–H and O–H groups in total. The second-order valence-electron chi connectivity index (χ2n) is 7.15. The van der Waals surface area contributed by atoms with Crippen LogP contribution in [-0.2, 0) is 0 Å². The Bertz CT molecular complexity index is 285. The molecule has 1 atom stereocenters. The summed E-state index contributed by atoms with van der Waals surface area (Å²) in [5.74, 6) is 0. The van der Waals surface area contributed by atoms with Crippen molar-refractivity contribution < 1.29 is 0 Å². The van der Waals surface area contributed by atoms with Crippen molar-refractivity contribution in [3.8, 4) is 0 Å². The van der Waals surface area contributed by atoms with Crippen LogP contribution in [0.4, 0.5) is 0 Å². The van der Waals surface area contributed by atoms with Crippen molar-refractivity contribution in [1.82, 2.24) is 9.80 Å². The smallest absolute Gasteiger partial charge is 0.101 e. The minimum atomic E-state index is 0.596. The van der Waals surface area contributed by atoms with Crippen LogP contribution in [0.5, 0.6) is 0 Å². The highest BCUT2D eigenvalue weighted by molar-refractivity contribution is 4.97. The summed E-state index contributed by atoms with van der Waals surface area (Å²) in [7, 11) is 0. The molecule has 130 valence electrons. The summed E-state index contributed by atoms with van der Waals surface area (Å²) in [6.07, 6.45) is 20.6. The molecule has 2 nitrogen and oxygen atoms in total. The zero-order valence-corrected chi connectivity index (χ0v) is 15.7. The van der Waals surface area contributed by atoms with Gasteiger partial charge in [-0.2, -0.15) is 0 Å². The molecule has 0 aromatic carbocycles. The Kier molecular flexibility index (Phi) is 10.4. The normalized spacial score (nSPS) is 18.0. The molecule has 0 spiro atoms. The predicted octanol–water partition coefficient (Wildman–Crippen LogP) is 6.14. The van der Waals surface area contributed by atoms with Crippen molar-refractivity contribution in [2.75, 3.05) is 6.54 Å². The first-order valence-corrected chi connectivity index (χ1v) is 9.92. The Hall–Kier alpha value is -0.660. The number of nitrogens with zero attached hydrogens (tertiary/aromatic N) is 2. The summed E-state index contributed by atoms with van der Waals surface area (Å²) in [6, 6.07) is 0.610. The van der Waals surface area contributed by atoms with Gasteiger partial charge in [-0.15, -0.1) is 0 Å². The second kappa shape index (κ2) is 11.8. The molecule has 0 radical (unpaired) electrons. The highest BCUT2D eigenvalue weighted by Crippen LogP contribution is 2.22. The first kappa shape index (κ1) is 19.4. The molecule has 1 heterocycles. The number of rotatable bonds is 13. The van der Waals surface area contributed by atoms with Crippen LogP contribution in [-0.4, -0.2) is 28.6 Å². The van der Waals surface area contributed by atoms with Gasteiger partial charge in [0.2, 0.25) is 0 Å². The number of hydrogen-bond donors (Lipinski definition) is 0. The predicted molar refractivity (Wildman–Crippen MR) is 98.7 cm³/mol. The van der Waals surface area contributed by atoms with Gasteiger partial charge < -0.3 is 9.80 Å². The van der Waals surface area contributed by atoms with Crippen LogP contribution in [0, 0.1) is 0 Å². The molecule has 1 aliphatic heterocycles. The Balaban J connectivity index is 2.00. The van der Waals surface area contributed by atoms with Gasteiger partial charge in [-0.1, -0.05) is 71.6 Å². The van der Waals surface area contributed by atoms with Crippen molar-refractivity contribution >= 4 is 0 Å². The van der Waals surface area contributed by atoms with E-state index in [1.165, 1.54) is 77.2 Å². The van der Waals surface area contributed by atoms with E-state index in [2.05, 4.69) is 49.9 Å². The van der Waals surface area contributed by atoms with E-state index in [4.69, 9.17) is 0 Å². The number of unbranched alkanes of at least 4 members (excludes halogenated alkanes) is 9. The summed E-state index contributed by atoms with van der Waals surface area (Å²) in [5.41, 5.74) is 0. The first-order chi connectivity index (χ1) is 10.7. The maximum atomic E-state index is 2.55. The molecule has 0 amide bonds. The second-order valence-corrected chi connectivity index (χ2v) is 7.15. The Morgan fingerprint density at radius 1 is 0.773 bits per heavy atom. The lowest BCUT2D eigenvalue weighted by molar-refractivity contribution is 0.121. The topological polar surface area (TPSA) is 6.48 Å². The fourth-order valence-corrected chi connectivity index (χ4v) is 3.50. The van der Waals surface area contributed by atoms with E-state index in [0.717, 1.165) is 0 Å². The molecule has 0 fully saturated rings. The largest absolute Gasteiger partial charge is 0.356 e. The zero-order valence-electron chi connectivity index (χ0n) is 15.7. The standard InChI is InChI=1S/C20H40N2/c1-5-7-8-9-10-11-12-13-14-15-16-21-17-18-22(19(3)4)20(21)6-2/h17-20H,5-16H2,1-4H3. The maximum Gasteiger partial charge on any atom is 0.101 e. The van der Waals surface area contributed by atoms with Gasteiger partial charge in [-0.3, -0.25) is 0 Å². The maximum absolute atomic E-state index is 2.55. The highest BCUT2D eigenvalue weighted by atomic mass is 15.4. The lowest BCUT2D eigenvalue weighted by atomic mass is 10.1. The van der Waals surface area contributed by atoms with E-state index >= 15 is 0 Å². The fourth-order valence-electron chi connectivity index (χ4n) is 3.50. The lowest BCUT2D eigenvalue weighted by Gasteiger charge is -2.34. The average Bonchev–Trinajstić information content (AvgIpc) is 2.92. The molecule has 0 aromatic rings. The van der Waals surface area contributed by atoms with Gasteiger partial charge in [0.1, 0.15) is 6.17 Å². The molecule has 2 heteroatoms. The number of hydrogen-bond acceptors (Lipinski definition) is 2. The third kappa shape index (κ3) is 7.07. The van der Waals surface area contributed by atoms with Gasteiger partial charge in [0.25, 0.3) is 0 Å². The highest BCUT2D eigenvalue weighted by Gasteiger charge is 2.25. The van der Waals surface area contributed by atoms with E-state index in [9.17, 15) is 0 Å². The molecule has 1 rings (SSSR count). The minimum Gasteiger partial charge on any atom is -0.356 e. The molecule has 0 saturated heterocycles. The van der Waals surface area contributed by atoms with Crippen molar-refractivity contribution in [2.45, 2.75) is 111 Å². The van der Waals surface area contributed by atoms with Crippen molar-refractivity contribution in [2.24, 2.45) is 0 Å². The summed E-state index contributed by atoms with van der Waals surface area (Å²) < 4.78 is 0. The van der Waals surface area contributed by atoms with Crippen molar-refractivity contribution in [1.29, 1.82) is 0 Å². The Labute approximate surface area is 139 Å². The van der Waals surface area contributed by atoms with Crippen LogP contribution < -0.4 is 0 Å². The van der Waals surface area contributed by atoms with Gasteiger partial charge in [0.05, 0.1) is 0 Å². The monoisotopic (exact) mass is 308 g/mol. The minimum absolute atomic E-state index is 0.596. The van der Waals surface area contributed by atoms with Crippen LogP contribution in [0.2, 0.25) is 0 Å². The first-order valence-electron chi connectivity index (χ1n) is 9.92. The van der Waals surface area contributed by atoms with Crippen LogP contribution >= 0.6 is 0 Å². The van der Waals surface area contributed by atoms with Gasteiger partial charge in [0.15, 0.2) is 0 Å². The van der Waals surface area contributed by atoms with Crippen LogP contribution in [0.25, 0.3) is 0 Å². The SMILES string of the molecule is CCCCCCCCCCCCN1C=CN(C(C)C)C1CC. The molecular formula is C20H40N2. The molecule has 22 heavy (non-hydrogen) atoms.